The number of hydrazine groups is 1. The zero-order valence-corrected chi connectivity index (χ0v) is 25.3. The summed E-state index contributed by atoms with van der Waals surface area (Å²) in [7, 11) is 1.60. The second kappa shape index (κ2) is 13.2. The van der Waals surface area contributed by atoms with Gasteiger partial charge in [-0.25, -0.2) is 9.80 Å². The molecule has 10 heteroatoms. The summed E-state index contributed by atoms with van der Waals surface area (Å²) >= 11 is 0. The van der Waals surface area contributed by atoms with Gasteiger partial charge in [-0.15, -0.1) is 0 Å². The molecule has 2 saturated heterocycles. The molecule has 3 aliphatic rings. The van der Waals surface area contributed by atoms with Crippen LogP contribution in [0.25, 0.3) is 10.8 Å². The van der Waals surface area contributed by atoms with Crippen LogP contribution in [0.3, 0.4) is 0 Å². The third-order valence-electron chi connectivity index (χ3n) is 8.68. The minimum absolute atomic E-state index is 0.114. The summed E-state index contributed by atoms with van der Waals surface area (Å²) < 4.78 is 5.31. The molecule has 0 spiro atoms. The van der Waals surface area contributed by atoms with Crippen LogP contribution in [0.15, 0.2) is 90.5 Å². The molecule has 2 heterocycles. The van der Waals surface area contributed by atoms with Gasteiger partial charge in [-0.2, -0.15) is 10.3 Å². The molecule has 0 aromatic heterocycles. The molecule has 1 unspecified atom stereocenters. The molecule has 6 rings (SSSR count). The Morgan fingerprint density at radius 3 is 2.62 bits per heavy atom. The molecule has 1 N–H and O–H groups in total. The standard InChI is InChI=1S/C35H36N6O4/c1-45-29-16-14-25(15-17-29)20-31-34(43)38(22-28-12-7-11-27-10-5-6-13-30(27)28)23-32-40(24-33(42)41(31)32)39(19-18-36)35(44)37-21-26-8-3-2-4-9-26/h3,5-17,31-32H,2,4,19-24H2,1H3,(H,37,44)/t31-,32?/m0/s1. The Bertz CT molecular complexity index is 1690. The number of allylic oxidation sites excluding steroid dienone is 2. The smallest absolute Gasteiger partial charge is 0.333 e. The van der Waals surface area contributed by atoms with Crippen molar-refractivity contribution in [2.45, 2.75) is 38.0 Å². The number of nitrogens with zero attached hydrogens (tertiary/aromatic N) is 5. The molecular formula is C35H36N6O4. The maximum absolute atomic E-state index is 14.2. The van der Waals surface area contributed by atoms with E-state index in [1.807, 2.05) is 72.8 Å². The van der Waals surface area contributed by atoms with Crippen molar-refractivity contribution in [2.75, 3.05) is 33.3 Å². The minimum atomic E-state index is -0.783. The van der Waals surface area contributed by atoms with Gasteiger partial charge in [0.15, 0.2) is 0 Å². The van der Waals surface area contributed by atoms with Crippen molar-refractivity contribution >= 4 is 28.6 Å². The summed E-state index contributed by atoms with van der Waals surface area (Å²) in [4.78, 5) is 44.8. The van der Waals surface area contributed by atoms with Crippen LogP contribution in [0.1, 0.15) is 24.0 Å². The molecule has 0 radical (unpaired) electrons. The average molecular weight is 605 g/mol. The molecule has 2 atom stereocenters. The minimum Gasteiger partial charge on any atom is -0.497 e. The highest BCUT2D eigenvalue weighted by Gasteiger charge is 2.52. The number of nitrogens with one attached hydrogen (secondary N) is 1. The second-order valence-corrected chi connectivity index (χ2v) is 11.4. The predicted molar refractivity (Wildman–Crippen MR) is 169 cm³/mol. The number of carbonyl (C=O) groups is 3. The zero-order chi connectivity index (χ0) is 31.3. The van der Waals surface area contributed by atoms with Gasteiger partial charge in [-0.1, -0.05) is 72.8 Å². The van der Waals surface area contributed by atoms with Crippen LogP contribution in [0.2, 0.25) is 0 Å². The molecule has 0 bridgehead atoms. The normalized spacial score (nSPS) is 19.7. The molecule has 0 saturated carbocycles. The number of amides is 4. The van der Waals surface area contributed by atoms with Crippen LogP contribution in [0.4, 0.5) is 4.79 Å². The summed E-state index contributed by atoms with van der Waals surface area (Å²) in [5, 5.41) is 17.7. The van der Waals surface area contributed by atoms with Crippen molar-refractivity contribution in [1.29, 1.82) is 5.26 Å². The van der Waals surface area contributed by atoms with Crippen molar-refractivity contribution in [3.05, 3.63) is 102 Å². The average Bonchev–Trinajstić information content (AvgIpc) is 3.40. The second-order valence-electron chi connectivity index (χ2n) is 11.4. The SMILES string of the molecule is COc1ccc(C[C@H]2C(=O)N(Cc3cccc4ccccc34)CC3N2C(=O)CN3N(CC#N)C(=O)NCC2=CCCC=C2)cc1. The van der Waals surface area contributed by atoms with Crippen LogP contribution < -0.4 is 10.1 Å². The predicted octanol–water partition coefficient (Wildman–Crippen LogP) is 4.00. The number of piperazine rings is 1. The lowest BCUT2D eigenvalue weighted by Crippen LogP contribution is -2.66. The molecule has 10 nitrogen and oxygen atoms in total. The quantitative estimate of drug-likeness (QED) is 0.370. The third kappa shape index (κ3) is 6.26. The molecule has 3 aromatic carbocycles. The van der Waals surface area contributed by atoms with Crippen LogP contribution in [0, 0.1) is 11.3 Å². The lowest BCUT2D eigenvalue weighted by atomic mass is 9.99. The van der Waals surface area contributed by atoms with Gasteiger partial charge in [-0.05, 0) is 52.4 Å². The summed E-state index contributed by atoms with van der Waals surface area (Å²) in [5.41, 5.74) is 2.87. The number of fused-ring (bicyclic) bond motifs is 2. The van der Waals surface area contributed by atoms with E-state index in [1.165, 1.54) is 5.01 Å². The van der Waals surface area contributed by atoms with Gasteiger partial charge in [0.25, 0.3) is 0 Å². The molecule has 1 aliphatic carbocycles. The van der Waals surface area contributed by atoms with Crippen molar-refractivity contribution in [3.8, 4) is 11.8 Å². The number of methoxy groups -OCH3 is 1. The Kier molecular flexibility index (Phi) is 8.80. The Morgan fingerprint density at radius 2 is 1.87 bits per heavy atom. The Balaban J connectivity index is 1.31. The van der Waals surface area contributed by atoms with Crippen LogP contribution in [-0.4, -0.2) is 83.2 Å². The highest BCUT2D eigenvalue weighted by Crippen LogP contribution is 2.31. The summed E-state index contributed by atoms with van der Waals surface area (Å²) in [6.07, 6.45) is 7.70. The molecule has 2 fully saturated rings. The van der Waals surface area contributed by atoms with Gasteiger partial charge in [0.2, 0.25) is 11.8 Å². The lowest BCUT2D eigenvalue weighted by molar-refractivity contribution is -0.157. The highest BCUT2D eigenvalue weighted by molar-refractivity contribution is 5.92. The largest absolute Gasteiger partial charge is 0.497 e. The molecule has 2 aliphatic heterocycles. The first-order valence-electron chi connectivity index (χ1n) is 15.2. The molecule has 4 amide bonds. The van der Waals surface area contributed by atoms with E-state index in [1.54, 1.807) is 21.9 Å². The summed E-state index contributed by atoms with van der Waals surface area (Å²) in [5.74, 6) is 0.285. The Hall–Kier alpha value is -5.14. The van der Waals surface area contributed by atoms with Crippen LogP contribution in [-0.2, 0) is 22.6 Å². The Morgan fingerprint density at radius 1 is 1.07 bits per heavy atom. The van der Waals surface area contributed by atoms with E-state index in [2.05, 4.69) is 23.5 Å². The third-order valence-corrected chi connectivity index (χ3v) is 8.68. The van der Waals surface area contributed by atoms with Gasteiger partial charge in [0.1, 0.15) is 24.5 Å². The number of carbonyl (C=O) groups excluding carboxylic acids is 3. The molecule has 3 aromatic rings. The monoisotopic (exact) mass is 604 g/mol. The number of ether oxygens (including phenoxy) is 1. The first-order chi connectivity index (χ1) is 22.0. The fraction of sp³-hybridized carbons (Fsp3) is 0.314. The number of rotatable bonds is 9. The maximum atomic E-state index is 14.2. The summed E-state index contributed by atoms with van der Waals surface area (Å²) in [6, 6.07) is 22.4. The highest BCUT2D eigenvalue weighted by atomic mass is 16.5. The van der Waals surface area contributed by atoms with Crippen LogP contribution >= 0.6 is 0 Å². The fourth-order valence-corrected chi connectivity index (χ4v) is 6.43. The van der Waals surface area contributed by atoms with E-state index in [0.717, 1.165) is 40.3 Å². The number of nitriles is 1. The van der Waals surface area contributed by atoms with E-state index in [0.29, 0.717) is 25.3 Å². The van der Waals surface area contributed by atoms with Crippen molar-refractivity contribution < 1.29 is 19.1 Å². The van der Waals surface area contributed by atoms with Gasteiger partial charge in [0, 0.05) is 19.5 Å². The van der Waals surface area contributed by atoms with Crippen LogP contribution in [0.5, 0.6) is 5.75 Å². The Labute approximate surface area is 262 Å². The molecular weight excluding hydrogens is 568 g/mol. The van der Waals surface area contributed by atoms with E-state index < -0.39 is 18.2 Å². The zero-order valence-electron chi connectivity index (χ0n) is 25.3. The number of urea groups is 1. The lowest BCUT2D eigenvalue weighted by Gasteiger charge is -2.46. The number of hydrogen-bond acceptors (Lipinski definition) is 6. The van der Waals surface area contributed by atoms with Gasteiger partial charge < -0.3 is 19.9 Å². The van der Waals surface area contributed by atoms with Gasteiger partial charge >= 0.3 is 6.03 Å². The first-order valence-corrected chi connectivity index (χ1v) is 15.2. The summed E-state index contributed by atoms with van der Waals surface area (Å²) in [6.45, 7) is 0.501. The van der Waals surface area contributed by atoms with E-state index in [9.17, 15) is 19.6 Å². The van der Waals surface area contributed by atoms with Crippen molar-refractivity contribution in [3.63, 3.8) is 0 Å². The van der Waals surface area contributed by atoms with Crippen molar-refractivity contribution in [2.24, 2.45) is 0 Å². The number of benzene rings is 3. The number of hydrogen-bond donors (Lipinski definition) is 1. The fourth-order valence-electron chi connectivity index (χ4n) is 6.43. The van der Waals surface area contributed by atoms with E-state index >= 15 is 0 Å². The topological polar surface area (TPSA) is 109 Å². The van der Waals surface area contributed by atoms with Gasteiger partial charge in [0.05, 0.1) is 26.3 Å². The maximum Gasteiger partial charge on any atom is 0.333 e. The molecule has 230 valence electrons. The van der Waals surface area contributed by atoms with E-state index in [4.69, 9.17) is 4.74 Å². The van der Waals surface area contributed by atoms with Crippen molar-refractivity contribution in [1.82, 2.24) is 25.1 Å². The van der Waals surface area contributed by atoms with E-state index in [-0.39, 0.29) is 31.4 Å². The van der Waals surface area contributed by atoms with Gasteiger partial charge in [-0.3, -0.25) is 9.59 Å². The first kappa shape index (κ1) is 29.9. The molecule has 45 heavy (non-hydrogen) atoms.